The zero-order chi connectivity index (χ0) is 13.0. The Kier molecular flexibility index (Phi) is 4.39. The molecule has 0 unspecified atom stereocenters. The first-order chi connectivity index (χ1) is 8.69. The highest BCUT2D eigenvalue weighted by molar-refractivity contribution is 5.39. The highest BCUT2D eigenvalue weighted by Crippen LogP contribution is 2.39. The summed E-state index contributed by atoms with van der Waals surface area (Å²) in [5.41, 5.74) is 0. The first-order valence-corrected chi connectivity index (χ1v) is 6.94. The Morgan fingerprint density at radius 3 is 2.78 bits per heavy atom. The van der Waals surface area contributed by atoms with Gasteiger partial charge in [-0.1, -0.05) is 13.8 Å². The van der Waals surface area contributed by atoms with Crippen LogP contribution in [-0.2, 0) is 0 Å². The molecule has 100 valence electrons. The summed E-state index contributed by atoms with van der Waals surface area (Å²) in [6.07, 6.45) is 3.56. The summed E-state index contributed by atoms with van der Waals surface area (Å²) in [7, 11) is 0. The van der Waals surface area contributed by atoms with Crippen LogP contribution in [0.5, 0.6) is 5.88 Å². The van der Waals surface area contributed by atoms with E-state index < -0.39 is 0 Å². The van der Waals surface area contributed by atoms with Crippen molar-refractivity contribution in [2.24, 2.45) is 5.92 Å². The largest absolute Gasteiger partial charge is 0.478 e. The van der Waals surface area contributed by atoms with Gasteiger partial charge in [0.15, 0.2) is 0 Å². The molecular formula is C14H23N3O. The van der Waals surface area contributed by atoms with Gasteiger partial charge in [-0.3, -0.25) is 0 Å². The molecule has 1 aromatic heterocycles. The molecule has 1 fully saturated rings. The minimum absolute atomic E-state index is 0.552. The summed E-state index contributed by atoms with van der Waals surface area (Å²) < 4.78 is 5.50. The molecule has 0 spiro atoms. The molecule has 1 N–H and O–H groups in total. The molecule has 0 aromatic carbocycles. The molecular weight excluding hydrogens is 226 g/mol. The van der Waals surface area contributed by atoms with E-state index in [0.717, 1.165) is 24.6 Å². The highest BCUT2D eigenvalue weighted by Gasteiger charge is 2.27. The van der Waals surface area contributed by atoms with Crippen LogP contribution in [0.3, 0.4) is 0 Å². The molecule has 1 aliphatic carbocycles. The van der Waals surface area contributed by atoms with Crippen molar-refractivity contribution in [1.29, 1.82) is 0 Å². The van der Waals surface area contributed by atoms with Gasteiger partial charge in [0.25, 0.3) is 0 Å². The predicted molar refractivity (Wildman–Crippen MR) is 73.1 cm³/mol. The summed E-state index contributed by atoms with van der Waals surface area (Å²) in [4.78, 5) is 9.03. The number of nitrogens with zero attached hydrogens (tertiary/aromatic N) is 2. The van der Waals surface area contributed by atoms with E-state index in [1.54, 1.807) is 0 Å². The van der Waals surface area contributed by atoms with Gasteiger partial charge in [-0.15, -0.1) is 0 Å². The van der Waals surface area contributed by atoms with E-state index in [9.17, 15) is 0 Å². The van der Waals surface area contributed by atoms with Crippen molar-refractivity contribution in [3.05, 3.63) is 11.9 Å². The average Bonchev–Trinajstić information content (AvgIpc) is 3.12. The fraction of sp³-hybridized carbons (Fsp3) is 0.714. The lowest BCUT2D eigenvalue weighted by atomic mass is 10.1. The van der Waals surface area contributed by atoms with Crippen molar-refractivity contribution in [2.75, 3.05) is 18.5 Å². The average molecular weight is 249 g/mol. The van der Waals surface area contributed by atoms with Crippen LogP contribution in [0.25, 0.3) is 0 Å². The van der Waals surface area contributed by atoms with E-state index in [4.69, 9.17) is 4.74 Å². The molecule has 1 aromatic rings. The van der Waals surface area contributed by atoms with E-state index in [0.29, 0.717) is 24.3 Å². The third kappa shape index (κ3) is 3.86. The zero-order valence-corrected chi connectivity index (χ0v) is 11.6. The van der Waals surface area contributed by atoms with E-state index in [2.05, 4.69) is 29.1 Å². The summed E-state index contributed by atoms with van der Waals surface area (Å²) in [6, 6.07) is 1.90. The molecule has 1 heterocycles. The lowest BCUT2D eigenvalue weighted by Gasteiger charge is -2.10. The van der Waals surface area contributed by atoms with Crippen LogP contribution in [0.1, 0.15) is 51.8 Å². The van der Waals surface area contributed by atoms with E-state index in [1.165, 1.54) is 12.8 Å². The van der Waals surface area contributed by atoms with Crippen LogP contribution in [0.4, 0.5) is 5.82 Å². The molecule has 2 rings (SSSR count). The van der Waals surface area contributed by atoms with Gasteiger partial charge in [-0.2, -0.15) is 4.98 Å². The highest BCUT2D eigenvalue weighted by atomic mass is 16.5. The number of nitrogens with one attached hydrogen (secondary N) is 1. The van der Waals surface area contributed by atoms with Crippen molar-refractivity contribution in [1.82, 2.24) is 9.97 Å². The Morgan fingerprint density at radius 2 is 2.17 bits per heavy atom. The standard InChI is InChI=1S/C14H23N3O/c1-4-18-13-9-12(15-8-7-10(2)3)16-14(17-13)11-5-6-11/h9-11H,4-8H2,1-3H3,(H,15,16,17). The van der Waals surface area contributed by atoms with E-state index in [-0.39, 0.29) is 0 Å². The molecule has 4 nitrogen and oxygen atoms in total. The second-order valence-electron chi connectivity index (χ2n) is 5.27. The number of hydrogen-bond acceptors (Lipinski definition) is 4. The van der Waals surface area contributed by atoms with Gasteiger partial charge < -0.3 is 10.1 Å². The number of hydrogen-bond donors (Lipinski definition) is 1. The van der Waals surface area contributed by atoms with Crippen LogP contribution in [0.2, 0.25) is 0 Å². The molecule has 0 atom stereocenters. The molecule has 4 heteroatoms. The van der Waals surface area contributed by atoms with Gasteiger partial charge in [0.1, 0.15) is 11.6 Å². The van der Waals surface area contributed by atoms with Gasteiger partial charge in [0, 0.05) is 18.5 Å². The van der Waals surface area contributed by atoms with Crippen LogP contribution in [0.15, 0.2) is 6.07 Å². The SMILES string of the molecule is CCOc1cc(NCCC(C)C)nc(C2CC2)n1. The maximum absolute atomic E-state index is 5.50. The fourth-order valence-electron chi connectivity index (χ4n) is 1.77. The van der Waals surface area contributed by atoms with Gasteiger partial charge in [0.2, 0.25) is 5.88 Å². The molecule has 0 aliphatic heterocycles. The van der Waals surface area contributed by atoms with Gasteiger partial charge in [0.05, 0.1) is 6.61 Å². The molecule has 18 heavy (non-hydrogen) atoms. The Labute approximate surface area is 109 Å². The maximum atomic E-state index is 5.50. The Morgan fingerprint density at radius 1 is 1.39 bits per heavy atom. The number of aromatic nitrogens is 2. The minimum Gasteiger partial charge on any atom is -0.478 e. The zero-order valence-electron chi connectivity index (χ0n) is 11.6. The van der Waals surface area contributed by atoms with E-state index >= 15 is 0 Å². The summed E-state index contributed by atoms with van der Waals surface area (Å²) in [6.45, 7) is 8.02. The molecule has 1 saturated carbocycles. The maximum Gasteiger partial charge on any atom is 0.218 e. The lowest BCUT2D eigenvalue weighted by molar-refractivity contribution is 0.325. The first-order valence-electron chi connectivity index (χ1n) is 6.94. The predicted octanol–water partition coefficient (Wildman–Crippen LogP) is 3.21. The fourth-order valence-corrected chi connectivity index (χ4v) is 1.77. The Bertz CT molecular complexity index is 389. The van der Waals surface area contributed by atoms with Crippen molar-refractivity contribution in [3.63, 3.8) is 0 Å². The topological polar surface area (TPSA) is 47.0 Å². The number of ether oxygens (including phenoxy) is 1. The van der Waals surface area contributed by atoms with Crippen LogP contribution < -0.4 is 10.1 Å². The van der Waals surface area contributed by atoms with Crippen molar-refractivity contribution in [2.45, 2.75) is 46.0 Å². The molecule has 1 aliphatic rings. The smallest absolute Gasteiger partial charge is 0.218 e. The second kappa shape index (κ2) is 6.03. The van der Waals surface area contributed by atoms with Crippen LogP contribution in [-0.4, -0.2) is 23.1 Å². The lowest BCUT2D eigenvalue weighted by Crippen LogP contribution is -2.09. The summed E-state index contributed by atoms with van der Waals surface area (Å²) >= 11 is 0. The molecule has 0 radical (unpaired) electrons. The van der Waals surface area contributed by atoms with E-state index in [1.807, 2.05) is 13.0 Å². The van der Waals surface area contributed by atoms with Crippen molar-refractivity contribution >= 4 is 5.82 Å². The van der Waals surface area contributed by atoms with Crippen LogP contribution in [0, 0.1) is 5.92 Å². The number of rotatable bonds is 7. The molecule has 0 saturated heterocycles. The summed E-state index contributed by atoms with van der Waals surface area (Å²) in [5, 5.41) is 3.37. The second-order valence-corrected chi connectivity index (χ2v) is 5.27. The third-order valence-corrected chi connectivity index (χ3v) is 2.98. The first kappa shape index (κ1) is 13.1. The van der Waals surface area contributed by atoms with Crippen molar-refractivity contribution in [3.8, 4) is 5.88 Å². The van der Waals surface area contributed by atoms with Crippen molar-refractivity contribution < 1.29 is 4.74 Å². The van der Waals surface area contributed by atoms with Gasteiger partial charge >= 0.3 is 0 Å². The van der Waals surface area contributed by atoms with Gasteiger partial charge in [-0.05, 0) is 32.1 Å². The third-order valence-electron chi connectivity index (χ3n) is 2.98. The quantitative estimate of drug-likeness (QED) is 0.806. The molecule has 0 amide bonds. The monoisotopic (exact) mass is 249 g/mol. The molecule has 0 bridgehead atoms. The Balaban J connectivity index is 2.02. The van der Waals surface area contributed by atoms with Gasteiger partial charge in [-0.25, -0.2) is 4.98 Å². The summed E-state index contributed by atoms with van der Waals surface area (Å²) in [5.74, 6) is 3.79. The minimum atomic E-state index is 0.552. The normalized spacial score (nSPS) is 14.9. The van der Waals surface area contributed by atoms with Crippen LogP contribution >= 0.6 is 0 Å². The number of anilines is 1. The Hall–Kier alpha value is -1.32.